The van der Waals surface area contributed by atoms with Crippen molar-refractivity contribution in [3.63, 3.8) is 0 Å². The van der Waals surface area contributed by atoms with Crippen LogP contribution in [0.25, 0.3) is 5.32 Å². The molecule has 1 atom stereocenters. The maximum atomic E-state index is 9.43. The largest absolute Gasteiger partial charge is 0.663 e. The maximum Gasteiger partial charge on any atom is 0.0603 e. The highest BCUT2D eigenvalue weighted by Gasteiger charge is 1.98. The van der Waals surface area contributed by atoms with Crippen molar-refractivity contribution in [2.75, 3.05) is 13.6 Å². The number of hydrogen-bond acceptors (Lipinski definition) is 1. The van der Waals surface area contributed by atoms with Gasteiger partial charge in [-0.3, -0.25) is 0 Å². The summed E-state index contributed by atoms with van der Waals surface area (Å²) in [5.41, 5.74) is 0.929. The molecule has 0 amide bonds. The Bertz CT molecular complexity index is 198. The zero-order valence-electron chi connectivity index (χ0n) is 6.57. The molecule has 0 unspecified atom stereocenters. The van der Waals surface area contributed by atoms with Crippen LogP contribution in [0.1, 0.15) is 11.7 Å². The molecule has 0 fully saturated rings. The molecule has 2 heteroatoms. The average Bonchev–Trinajstić information content (AvgIpc) is 2.07. The van der Waals surface area contributed by atoms with Gasteiger partial charge in [-0.1, -0.05) is 30.3 Å². The van der Waals surface area contributed by atoms with Crippen LogP contribution in [0.2, 0.25) is 0 Å². The molecule has 0 bridgehead atoms. The molecule has 1 N–H and O–H groups in total. The van der Waals surface area contributed by atoms with Crippen molar-refractivity contribution in [1.29, 1.82) is 0 Å². The van der Waals surface area contributed by atoms with Crippen molar-refractivity contribution < 1.29 is 5.11 Å². The lowest BCUT2D eigenvalue weighted by Crippen LogP contribution is -2.00. The average molecular weight is 150 g/mol. The molecular formula is C9H12NO-. The Morgan fingerprint density at radius 2 is 2.00 bits per heavy atom. The van der Waals surface area contributed by atoms with E-state index in [9.17, 15) is 5.11 Å². The summed E-state index contributed by atoms with van der Waals surface area (Å²) in [5.74, 6) is 0. The minimum atomic E-state index is -0.443. The first kappa shape index (κ1) is 8.24. The summed E-state index contributed by atoms with van der Waals surface area (Å²) in [6, 6.07) is 9.55. The fraction of sp³-hybridized carbons (Fsp3) is 0.333. The minimum absolute atomic E-state index is 0.443. The number of aliphatic hydroxyl groups is 1. The zero-order chi connectivity index (χ0) is 8.10. The minimum Gasteiger partial charge on any atom is -0.663 e. The van der Waals surface area contributed by atoms with Crippen molar-refractivity contribution >= 4 is 0 Å². The van der Waals surface area contributed by atoms with Crippen molar-refractivity contribution in [2.24, 2.45) is 0 Å². The van der Waals surface area contributed by atoms with E-state index in [0.717, 1.165) is 5.56 Å². The molecule has 0 aliphatic rings. The molecule has 60 valence electrons. The van der Waals surface area contributed by atoms with Gasteiger partial charge in [-0.2, -0.15) is 7.05 Å². The van der Waals surface area contributed by atoms with E-state index in [-0.39, 0.29) is 0 Å². The van der Waals surface area contributed by atoms with Gasteiger partial charge >= 0.3 is 0 Å². The molecule has 1 aromatic carbocycles. The lowest BCUT2D eigenvalue weighted by Gasteiger charge is -2.17. The predicted octanol–water partition coefficient (Wildman–Crippen LogP) is 1.72. The second-order valence-corrected chi connectivity index (χ2v) is 2.43. The van der Waals surface area contributed by atoms with Crippen molar-refractivity contribution in [3.8, 4) is 0 Å². The normalized spacial score (nSPS) is 12.9. The van der Waals surface area contributed by atoms with Gasteiger partial charge in [0.1, 0.15) is 0 Å². The molecule has 11 heavy (non-hydrogen) atoms. The number of benzene rings is 1. The van der Waals surface area contributed by atoms with Gasteiger partial charge in [0.15, 0.2) is 0 Å². The summed E-state index contributed by atoms with van der Waals surface area (Å²) in [6.45, 7) is 0.476. The van der Waals surface area contributed by atoms with Gasteiger partial charge < -0.3 is 10.4 Å². The third-order valence-corrected chi connectivity index (χ3v) is 1.54. The highest BCUT2D eigenvalue weighted by atomic mass is 16.3. The third kappa shape index (κ3) is 2.33. The Kier molecular flexibility index (Phi) is 3.08. The lowest BCUT2D eigenvalue weighted by atomic mass is 10.1. The first-order chi connectivity index (χ1) is 5.34. The molecule has 1 aromatic rings. The smallest absolute Gasteiger partial charge is 0.0603 e. The SMILES string of the molecule is C[N-]C[C@@H](O)c1ccccc1. The Labute approximate surface area is 66.9 Å². The van der Waals surface area contributed by atoms with Crippen LogP contribution in [0.15, 0.2) is 30.3 Å². The molecule has 0 saturated heterocycles. The van der Waals surface area contributed by atoms with Crippen molar-refractivity contribution in [3.05, 3.63) is 41.2 Å². The summed E-state index contributed by atoms with van der Waals surface area (Å²) < 4.78 is 0. The van der Waals surface area contributed by atoms with Gasteiger partial charge in [-0.25, -0.2) is 0 Å². The zero-order valence-corrected chi connectivity index (χ0v) is 6.57. The third-order valence-electron chi connectivity index (χ3n) is 1.54. The molecule has 1 rings (SSSR count). The summed E-state index contributed by atoms with van der Waals surface area (Å²) >= 11 is 0. The fourth-order valence-electron chi connectivity index (χ4n) is 0.954. The van der Waals surface area contributed by atoms with E-state index in [1.165, 1.54) is 0 Å². The highest BCUT2D eigenvalue weighted by Crippen LogP contribution is 2.12. The summed E-state index contributed by atoms with van der Waals surface area (Å²) in [6.07, 6.45) is -0.443. The van der Waals surface area contributed by atoms with Crippen LogP contribution >= 0.6 is 0 Å². The van der Waals surface area contributed by atoms with Gasteiger partial charge in [-0.05, 0) is 5.56 Å². The van der Waals surface area contributed by atoms with E-state index in [1.54, 1.807) is 7.05 Å². The van der Waals surface area contributed by atoms with Gasteiger partial charge in [0.25, 0.3) is 0 Å². The van der Waals surface area contributed by atoms with Crippen LogP contribution in [0.3, 0.4) is 0 Å². The summed E-state index contributed by atoms with van der Waals surface area (Å²) in [4.78, 5) is 0. The molecule has 2 nitrogen and oxygen atoms in total. The number of likely N-dealkylation sites (N-methyl/N-ethyl adjacent to an activating group) is 1. The van der Waals surface area contributed by atoms with E-state index in [1.807, 2.05) is 30.3 Å². The van der Waals surface area contributed by atoms with Crippen LogP contribution < -0.4 is 0 Å². The molecule has 0 radical (unpaired) electrons. The molecule has 0 aromatic heterocycles. The summed E-state index contributed by atoms with van der Waals surface area (Å²) in [7, 11) is 1.70. The number of rotatable bonds is 3. The second-order valence-electron chi connectivity index (χ2n) is 2.43. The highest BCUT2D eigenvalue weighted by molar-refractivity contribution is 5.18. The molecular weight excluding hydrogens is 138 g/mol. The second kappa shape index (κ2) is 4.11. The Hall–Kier alpha value is -0.860. The van der Waals surface area contributed by atoms with Gasteiger partial charge in [-0.15, -0.1) is 6.54 Å². The van der Waals surface area contributed by atoms with Gasteiger partial charge in [0.05, 0.1) is 6.10 Å². The van der Waals surface area contributed by atoms with E-state index < -0.39 is 6.10 Å². The van der Waals surface area contributed by atoms with E-state index in [2.05, 4.69) is 5.32 Å². The van der Waals surface area contributed by atoms with Crippen LogP contribution in [-0.2, 0) is 0 Å². The Morgan fingerprint density at radius 1 is 1.36 bits per heavy atom. The van der Waals surface area contributed by atoms with Gasteiger partial charge in [0, 0.05) is 0 Å². The number of hydrogen-bond donors (Lipinski definition) is 1. The van der Waals surface area contributed by atoms with Gasteiger partial charge in [0.2, 0.25) is 0 Å². The topological polar surface area (TPSA) is 34.3 Å². The quantitative estimate of drug-likeness (QED) is 0.699. The molecule has 0 aliphatic heterocycles. The first-order valence-electron chi connectivity index (χ1n) is 3.63. The van der Waals surface area contributed by atoms with Crippen LogP contribution in [0.5, 0.6) is 0 Å². The first-order valence-corrected chi connectivity index (χ1v) is 3.63. The lowest BCUT2D eigenvalue weighted by molar-refractivity contribution is 0.193. The van der Waals surface area contributed by atoms with E-state index in [0.29, 0.717) is 6.54 Å². The van der Waals surface area contributed by atoms with Crippen LogP contribution in [0.4, 0.5) is 0 Å². The Balaban J connectivity index is 2.61. The molecule has 0 saturated carbocycles. The fourth-order valence-corrected chi connectivity index (χ4v) is 0.954. The molecule has 0 spiro atoms. The monoisotopic (exact) mass is 150 g/mol. The number of aliphatic hydroxyl groups excluding tert-OH is 1. The van der Waals surface area contributed by atoms with Crippen LogP contribution in [-0.4, -0.2) is 18.7 Å². The van der Waals surface area contributed by atoms with Crippen LogP contribution in [0, 0.1) is 0 Å². The van der Waals surface area contributed by atoms with E-state index >= 15 is 0 Å². The van der Waals surface area contributed by atoms with Crippen molar-refractivity contribution in [1.82, 2.24) is 0 Å². The molecule has 0 aliphatic carbocycles. The summed E-state index contributed by atoms with van der Waals surface area (Å²) in [5, 5.41) is 13.3. The number of nitrogens with zero attached hydrogens (tertiary/aromatic N) is 1. The predicted molar refractivity (Wildman–Crippen MR) is 45.6 cm³/mol. The van der Waals surface area contributed by atoms with E-state index in [4.69, 9.17) is 0 Å². The maximum absolute atomic E-state index is 9.43. The van der Waals surface area contributed by atoms with Crippen molar-refractivity contribution in [2.45, 2.75) is 6.10 Å². The molecule has 0 heterocycles. The Morgan fingerprint density at radius 3 is 2.55 bits per heavy atom. The standard InChI is InChI=1S/C9H12NO/c1-10-7-9(11)8-5-3-2-4-6-8/h2-6,9,11H,7H2,1H3/q-1/t9-/m1/s1.